The molecule has 0 aromatic carbocycles. The largest absolute Gasteiger partial charge is 0.457 e. The molecule has 0 aliphatic carbocycles. The summed E-state index contributed by atoms with van der Waals surface area (Å²) in [6, 6.07) is 3.23. The summed E-state index contributed by atoms with van der Waals surface area (Å²) < 4.78 is 10.0. The van der Waals surface area contributed by atoms with Gasteiger partial charge in [0.1, 0.15) is 5.76 Å². The second-order valence-electron chi connectivity index (χ2n) is 2.92. The fourth-order valence-corrected chi connectivity index (χ4v) is 0.869. The molecule has 0 saturated carbocycles. The van der Waals surface area contributed by atoms with E-state index in [-0.39, 0.29) is 18.4 Å². The first kappa shape index (κ1) is 9.80. The fraction of sp³-hybridized carbons (Fsp3) is 0.444. The van der Waals surface area contributed by atoms with Gasteiger partial charge in [0.05, 0.1) is 12.6 Å². The SMILES string of the molecule is CC(C)OC(=O)c1ccc(CN)o1. The molecule has 1 aromatic heterocycles. The van der Waals surface area contributed by atoms with Gasteiger partial charge in [0.15, 0.2) is 0 Å². The lowest BCUT2D eigenvalue weighted by Gasteiger charge is -2.04. The van der Waals surface area contributed by atoms with E-state index in [2.05, 4.69) is 0 Å². The number of hydrogen-bond acceptors (Lipinski definition) is 4. The van der Waals surface area contributed by atoms with Crippen LogP contribution in [0.25, 0.3) is 0 Å². The van der Waals surface area contributed by atoms with Crippen LogP contribution in [0.1, 0.15) is 30.2 Å². The Labute approximate surface area is 76.7 Å². The van der Waals surface area contributed by atoms with E-state index in [0.717, 1.165) is 0 Å². The summed E-state index contributed by atoms with van der Waals surface area (Å²) in [6.07, 6.45) is -0.140. The van der Waals surface area contributed by atoms with Gasteiger partial charge in [0.25, 0.3) is 0 Å². The molecule has 72 valence electrons. The molecular formula is C9H13NO3. The van der Waals surface area contributed by atoms with E-state index in [9.17, 15) is 4.79 Å². The number of rotatable bonds is 3. The van der Waals surface area contributed by atoms with Crippen molar-refractivity contribution in [1.82, 2.24) is 0 Å². The molecule has 0 unspecified atom stereocenters. The summed E-state index contributed by atoms with van der Waals surface area (Å²) >= 11 is 0. The van der Waals surface area contributed by atoms with Crippen LogP contribution >= 0.6 is 0 Å². The molecule has 0 aliphatic rings. The maximum Gasteiger partial charge on any atom is 0.374 e. The molecular weight excluding hydrogens is 170 g/mol. The maximum absolute atomic E-state index is 11.2. The second kappa shape index (κ2) is 4.09. The Morgan fingerprint density at radius 2 is 2.31 bits per heavy atom. The Balaban J connectivity index is 2.66. The third-order valence-corrected chi connectivity index (χ3v) is 1.41. The highest BCUT2D eigenvalue weighted by atomic mass is 16.6. The summed E-state index contributed by atoms with van der Waals surface area (Å²) in [7, 11) is 0. The smallest absolute Gasteiger partial charge is 0.374 e. The first-order chi connectivity index (χ1) is 6.13. The van der Waals surface area contributed by atoms with Gasteiger partial charge in [-0.3, -0.25) is 0 Å². The van der Waals surface area contributed by atoms with Crippen LogP contribution in [0.15, 0.2) is 16.5 Å². The van der Waals surface area contributed by atoms with Gasteiger partial charge in [0, 0.05) is 0 Å². The molecule has 4 heteroatoms. The number of esters is 1. The van der Waals surface area contributed by atoms with Gasteiger partial charge in [0.2, 0.25) is 5.76 Å². The maximum atomic E-state index is 11.2. The molecule has 0 fully saturated rings. The number of ether oxygens (including phenoxy) is 1. The van der Waals surface area contributed by atoms with Crippen LogP contribution in [-0.4, -0.2) is 12.1 Å². The van der Waals surface area contributed by atoms with Crippen LogP contribution in [-0.2, 0) is 11.3 Å². The number of carbonyl (C=O) groups is 1. The minimum Gasteiger partial charge on any atom is -0.457 e. The van der Waals surface area contributed by atoms with Crippen LogP contribution in [0.5, 0.6) is 0 Å². The van der Waals surface area contributed by atoms with E-state index in [1.165, 1.54) is 0 Å². The third kappa shape index (κ3) is 2.59. The van der Waals surface area contributed by atoms with Crippen molar-refractivity contribution < 1.29 is 13.9 Å². The second-order valence-corrected chi connectivity index (χ2v) is 2.92. The molecule has 0 spiro atoms. The third-order valence-electron chi connectivity index (χ3n) is 1.41. The minimum absolute atomic E-state index is 0.140. The number of nitrogens with two attached hydrogens (primary N) is 1. The van der Waals surface area contributed by atoms with Gasteiger partial charge in [-0.1, -0.05) is 0 Å². The zero-order valence-electron chi connectivity index (χ0n) is 7.74. The molecule has 0 saturated heterocycles. The molecule has 1 aromatic rings. The zero-order chi connectivity index (χ0) is 9.84. The van der Waals surface area contributed by atoms with Crippen LogP contribution < -0.4 is 5.73 Å². The Kier molecular flexibility index (Phi) is 3.08. The average Bonchev–Trinajstić information content (AvgIpc) is 2.50. The van der Waals surface area contributed by atoms with Crippen LogP contribution in [0.4, 0.5) is 0 Å². The van der Waals surface area contributed by atoms with Crippen molar-refractivity contribution in [2.75, 3.05) is 0 Å². The molecule has 0 amide bonds. The molecule has 0 radical (unpaired) electrons. The van der Waals surface area contributed by atoms with E-state index in [1.807, 2.05) is 0 Å². The molecule has 0 atom stereocenters. The van der Waals surface area contributed by atoms with Crippen molar-refractivity contribution in [1.29, 1.82) is 0 Å². The van der Waals surface area contributed by atoms with Crippen LogP contribution in [0, 0.1) is 0 Å². The van der Waals surface area contributed by atoms with Crippen molar-refractivity contribution in [3.05, 3.63) is 23.7 Å². The summed E-state index contributed by atoms with van der Waals surface area (Å²) in [4.78, 5) is 11.2. The van der Waals surface area contributed by atoms with Crippen molar-refractivity contribution in [3.8, 4) is 0 Å². The minimum atomic E-state index is -0.449. The number of carbonyl (C=O) groups excluding carboxylic acids is 1. The summed E-state index contributed by atoms with van der Waals surface area (Å²) in [5.74, 6) is 0.333. The molecule has 13 heavy (non-hydrogen) atoms. The lowest BCUT2D eigenvalue weighted by Crippen LogP contribution is -2.10. The normalized spacial score (nSPS) is 10.5. The van der Waals surface area contributed by atoms with Gasteiger partial charge < -0.3 is 14.9 Å². The van der Waals surface area contributed by atoms with Crippen molar-refractivity contribution in [2.45, 2.75) is 26.5 Å². The Morgan fingerprint density at radius 3 is 2.77 bits per heavy atom. The summed E-state index contributed by atoms with van der Waals surface area (Å²) in [6.45, 7) is 3.85. The first-order valence-corrected chi connectivity index (χ1v) is 4.13. The predicted molar refractivity (Wildman–Crippen MR) is 47.2 cm³/mol. The van der Waals surface area contributed by atoms with E-state index >= 15 is 0 Å². The Hall–Kier alpha value is -1.29. The number of furan rings is 1. The quantitative estimate of drug-likeness (QED) is 0.717. The highest BCUT2D eigenvalue weighted by Gasteiger charge is 2.13. The van der Waals surface area contributed by atoms with E-state index in [4.69, 9.17) is 14.9 Å². The number of hydrogen-bond donors (Lipinski definition) is 1. The highest BCUT2D eigenvalue weighted by Crippen LogP contribution is 2.09. The highest BCUT2D eigenvalue weighted by molar-refractivity contribution is 5.86. The monoisotopic (exact) mass is 183 g/mol. The van der Waals surface area contributed by atoms with Gasteiger partial charge >= 0.3 is 5.97 Å². The van der Waals surface area contributed by atoms with E-state index in [1.54, 1.807) is 26.0 Å². The molecule has 1 rings (SSSR count). The fourth-order valence-electron chi connectivity index (χ4n) is 0.869. The Morgan fingerprint density at radius 1 is 1.62 bits per heavy atom. The Bertz CT molecular complexity index is 291. The summed E-state index contributed by atoms with van der Waals surface area (Å²) in [5.41, 5.74) is 5.32. The predicted octanol–water partition coefficient (Wildman–Crippen LogP) is 1.30. The molecule has 2 N–H and O–H groups in total. The van der Waals surface area contributed by atoms with Crippen molar-refractivity contribution in [3.63, 3.8) is 0 Å². The molecule has 0 bridgehead atoms. The van der Waals surface area contributed by atoms with Gasteiger partial charge in [-0.15, -0.1) is 0 Å². The summed E-state index contributed by atoms with van der Waals surface area (Å²) in [5, 5.41) is 0. The van der Waals surface area contributed by atoms with Gasteiger partial charge in [-0.05, 0) is 26.0 Å². The zero-order valence-corrected chi connectivity index (χ0v) is 7.74. The molecule has 0 aliphatic heterocycles. The topological polar surface area (TPSA) is 65.5 Å². The van der Waals surface area contributed by atoms with Crippen LogP contribution in [0.2, 0.25) is 0 Å². The lowest BCUT2D eigenvalue weighted by atomic mass is 10.4. The lowest BCUT2D eigenvalue weighted by molar-refractivity contribution is 0.0339. The van der Waals surface area contributed by atoms with Crippen LogP contribution in [0.3, 0.4) is 0 Å². The van der Waals surface area contributed by atoms with E-state index in [0.29, 0.717) is 5.76 Å². The van der Waals surface area contributed by atoms with Crippen molar-refractivity contribution >= 4 is 5.97 Å². The van der Waals surface area contributed by atoms with E-state index < -0.39 is 5.97 Å². The molecule has 1 heterocycles. The van der Waals surface area contributed by atoms with Gasteiger partial charge in [-0.2, -0.15) is 0 Å². The average molecular weight is 183 g/mol. The molecule has 4 nitrogen and oxygen atoms in total. The van der Waals surface area contributed by atoms with Gasteiger partial charge in [-0.25, -0.2) is 4.79 Å². The standard InChI is InChI=1S/C9H13NO3/c1-6(2)12-9(11)8-4-3-7(5-10)13-8/h3-4,6H,5,10H2,1-2H3. The van der Waals surface area contributed by atoms with Crippen molar-refractivity contribution in [2.24, 2.45) is 5.73 Å². The first-order valence-electron chi connectivity index (χ1n) is 4.13.